The van der Waals surface area contributed by atoms with Crippen molar-refractivity contribution in [3.63, 3.8) is 0 Å². The Morgan fingerprint density at radius 3 is 1.95 bits per heavy atom. The van der Waals surface area contributed by atoms with Crippen LogP contribution in [0.5, 0.6) is 0 Å². The molecule has 0 saturated carbocycles. The van der Waals surface area contributed by atoms with Gasteiger partial charge >= 0.3 is 0 Å². The maximum Gasteiger partial charge on any atom is 0.0601 e. The molecule has 0 unspecified atom stereocenters. The highest BCUT2D eigenvalue weighted by Gasteiger charge is 2.36. The van der Waals surface area contributed by atoms with Crippen LogP contribution in [0.2, 0.25) is 0 Å². The van der Waals surface area contributed by atoms with Crippen molar-refractivity contribution >= 4 is 67.7 Å². The van der Waals surface area contributed by atoms with Crippen molar-refractivity contribution in [2.45, 2.75) is 29.1 Å². The van der Waals surface area contributed by atoms with Crippen LogP contribution in [0, 0.1) is 12.1 Å². The number of nitrogens with zero attached hydrogens (tertiary/aromatic N) is 3. The Morgan fingerprint density at radius 2 is 1.15 bits per heavy atom. The molecule has 61 heavy (non-hydrogen) atoms. The average Bonchev–Trinajstić information content (AvgIpc) is 3.76. The molecule has 0 radical (unpaired) electrons. The van der Waals surface area contributed by atoms with E-state index in [1.54, 1.807) is 0 Å². The molecule has 2 aliphatic rings. The molecule has 288 valence electrons. The fourth-order valence-electron chi connectivity index (χ4n) is 9.72. The molecule has 1 aromatic heterocycles. The Bertz CT molecular complexity index is 3280. The molecule has 2 heterocycles. The predicted molar refractivity (Wildman–Crippen MR) is 255 cm³/mol. The number of hydrogen-bond donors (Lipinski definition) is 0. The summed E-state index contributed by atoms with van der Waals surface area (Å²) in [5.41, 5.74) is 17.7. The Kier molecular flexibility index (Phi) is 8.04. The molecule has 1 aliphatic heterocycles. The van der Waals surface area contributed by atoms with Gasteiger partial charge in [0.05, 0.1) is 22.4 Å². The molecule has 9 aromatic carbocycles. The Hall–Kier alpha value is -7.45. The number of anilines is 6. The van der Waals surface area contributed by atoms with Crippen LogP contribution >= 0.6 is 11.8 Å². The number of rotatable bonds is 6. The summed E-state index contributed by atoms with van der Waals surface area (Å²) in [6.07, 6.45) is 0. The smallest absolute Gasteiger partial charge is 0.0601 e. The molecule has 12 rings (SSSR count). The third-order valence-corrected chi connectivity index (χ3v) is 13.7. The van der Waals surface area contributed by atoms with E-state index in [1.165, 1.54) is 59.7 Å². The summed E-state index contributed by atoms with van der Waals surface area (Å²) < 4.78 is 2.43. The van der Waals surface area contributed by atoms with E-state index in [-0.39, 0.29) is 5.41 Å². The summed E-state index contributed by atoms with van der Waals surface area (Å²) in [4.78, 5) is 7.33. The van der Waals surface area contributed by atoms with Crippen molar-refractivity contribution in [2.24, 2.45) is 0 Å². The second-order valence-electron chi connectivity index (χ2n) is 16.4. The second-order valence-corrected chi connectivity index (χ2v) is 17.5. The van der Waals surface area contributed by atoms with E-state index in [9.17, 15) is 0 Å². The van der Waals surface area contributed by atoms with Gasteiger partial charge in [0.15, 0.2) is 0 Å². The van der Waals surface area contributed by atoms with E-state index >= 15 is 0 Å². The zero-order valence-corrected chi connectivity index (χ0v) is 34.6. The van der Waals surface area contributed by atoms with Crippen LogP contribution in [0.25, 0.3) is 49.7 Å². The molecule has 0 fully saturated rings. The first kappa shape index (κ1) is 35.5. The SMILES string of the molecule is CC1(C)c2ccccc2-c2ccc(N(c3ccc(-c4c#cccc4)cc3)c3ccc4c(c3)c3ccccc3n4-c3cccc(N4c5ccccc5Sc5ccccc54)c3)cc21. The molecule has 0 bridgehead atoms. The molecule has 0 spiro atoms. The summed E-state index contributed by atoms with van der Waals surface area (Å²) >= 11 is 1.84. The summed E-state index contributed by atoms with van der Waals surface area (Å²) in [5, 5.41) is 2.42. The zero-order chi connectivity index (χ0) is 40.7. The van der Waals surface area contributed by atoms with E-state index in [0.29, 0.717) is 0 Å². The van der Waals surface area contributed by atoms with Gasteiger partial charge in [0.1, 0.15) is 0 Å². The van der Waals surface area contributed by atoms with Crippen LogP contribution < -0.4 is 9.80 Å². The number of hydrogen-bond acceptors (Lipinski definition) is 3. The van der Waals surface area contributed by atoms with Gasteiger partial charge in [-0.3, -0.25) is 0 Å². The molecule has 0 N–H and O–H groups in total. The van der Waals surface area contributed by atoms with Gasteiger partial charge in [-0.25, -0.2) is 0 Å². The topological polar surface area (TPSA) is 11.4 Å². The van der Waals surface area contributed by atoms with E-state index in [4.69, 9.17) is 0 Å². The van der Waals surface area contributed by atoms with Crippen LogP contribution in [-0.2, 0) is 5.41 Å². The van der Waals surface area contributed by atoms with Gasteiger partial charge < -0.3 is 14.4 Å². The largest absolute Gasteiger partial charge is 0.310 e. The van der Waals surface area contributed by atoms with E-state index in [1.807, 2.05) is 23.9 Å². The molecule has 0 amide bonds. The molecular formula is C57H39N3S. The highest BCUT2D eigenvalue weighted by molar-refractivity contribution is 7.99. The molecule has 0 atom stereocenters. The van der Waals surface area contributed by atoms with E-state index < -0.39 is 0 Å². The molecule has 10 aromatic rings. The number of para-hydroxylation sites is 3. The lowest BCUT2D eigenvalue weighted by molar-refractivity contribution is 0.660. The number of benzene rings is 8. The molecule has 1 aliphatic carbocycles. The van der Waals surface area contributed by atoms with Crippen molar-refractivity contribution in [1.82, 2.24) is 4.57 Å². The summed E-state index contributed by atoms with van der Waals surface area (Å²) in [6.45, 7) is 4.71. The lowest BCUT2D eigenvalue weighted by Gasteiger charge is -2.33. The van der Waals surface area contributed by atoms with Gasteiger partial charge in [0.25, 0.3) is 0 Å². The minimum atomic E-state index is -0.125. The van der Waals surface area contributed by atoms with Crippen LogP contribution in [0.1, 0.15) is 25.0 Å². The number of fused-ring (bicyclic) bond motifs is 8. The monoisotopic (exact) mass is 797 g/mol. The van der Waals surface area contributed by atoms with Crippen molar-refractivity contribution in [1.29, 1.82) is 0 Å². The van der Waals surface area contributed by atoms with Crippen LogP contribution in [0.4, 0.5) is 34.1 Å². The van der Waals surface area contributed by atoms with Gasteiger partial charge in [-0.2, -0.15) is 0 Å². The van der Waals surface area contributed by atoms with E-state index in [2.05, 4.69) is 228 Å². The Balaban J connectivity index is 1.02. The maximum absolute atomic E-state index is 3.28. The fraction of sp³-hybridized carbons (Fsp3) is 0.0526. The van der Waals surface area contributed by atoms with Crippen molar-refractivity contribution < 1.29 is 0 Å². The van der Waals surface area contributed by atoms with Crippen LogP contribution in [0.3, 0.4) is 0 Å². The number of aromatic nitrogens is 1. The Morgan fingerprint density at radius 1 is 0.492 bits per heavy atom. The predicted octanol–water partition coefficient (Wildman–Crippen LogP) is 15.8. The van der Waals surface area contributed by atoms with Crippen LogP contribution in [-0.4, -0.2) is 4.57 Å². The maximum atomic E-state index is 3.28. The first-order valence-corrected chi connectivity index (χ1v) is 21.7. The molecule has 0 saturated heterocycles. The Labute approximate surface area is 360 Å². The minimum absolute atomic E-state index is 0.125. The highest BCUT2D eigenvalue weighted by Crippen LogP contribution is 2.53. The summed E-state index contributed by atoms with van der Waals surface area (Å²) in [7, 11) is 0. The van der Waals surface area contributed by atoms with Crippen LogP contribution in [0.15, 0.2) is 210 Å². The molecule has 4 heteroatoms. The summed E-state index contributed by atoms with van der Waals surface area (Å²) in [6, 6.07) is 79.4. The second kappa shape index (κ2) is 13.8. The lowest BCUT2D eigenvalue weighted by Crippen LogP contribution is -2.16. The van der Waals surface area contributed by atoms with Gasteiger partial charge in [0.2, 0.25) is 0 Å². The molecule has 3 nitrogen and oxygen atoms in total. The van der Waals surface area contributed by atoms with Gasteiger partial charge in [-0.05, 0) is 131 Å². The lowest BCUT2D eigenvalue weighted by atomic mass is 9.82. The first-order valence-electron chi connectivity index (χ1n) is 20.8. The van der Waals surface area contributed by atoms with Gasteiger partial charge in [0, 0.05) is 60.0 Å². The minimum Gasteiger partial charge on any atom is -0.310 e. The van der Waals surface area contributed by atoms with Crippen molar-refractivity contribution in [3.8, 4) is 27.9 Å². The van der Waals surface area contributed by atoms with Gasteiger partial charge in [-0.15, -0.1) is 0 Å². The summed E-state index contributed by atoms with van der Waals surface area (Å²) in [5.74, 6) is 0. The van der Waals surface area contributed by atoms with Crippen molar-refractivity contribution in [2.75, 3.05) is 9.80 Å². The normalized spacial score (nSPS) is 13.3. The van der Waals surface area contributed by atoms with Crippen molar-refractivity contribution in [3.05, 3.63) is 223 Å². The zero-order valence-electron chi connectivity index (χ0n) is 33.8. The van der Waals surface area contributed by atoms with Gasteiger partial charge in [-0.1, -0.05) is 135 Å². The highest BCUT2D eigenvalue weighted by atomic mass is 32.2. The first-order chi connectivity index (χ1) is 30.0. The quantitative estimate of drug-likeness (QED) is 0.166. The third kappa shape index (κ3) is 5.62. The standard InChI is InChI=1S/C57H39N3S/c1-57(2)49-21-8-6-19-45(49)46-33-31-44(37-50(46)57)58(40-29-27-39(28-30-40)38-15-4-3-5-16-38)43-32-34-52-48(36-43)47-20-7-9-22-51(47)59(52)41-17-14-18-42(35-41)60-53-23-10-12-25-55(53)61-56-26-13-11-24-54(56)60/h3-4,6-15,17-37H,1-2H3. The average molecular weight is 798 g/mol. The fourth-order valence-corrected chi connectivity index (χ4v) is 10.8. The third-order valence-electron chi connectivity index (χ3n) is 12.6. The van der Waals surface area contributed by atoms with E-state index in [0.717, 1.165) is 45.1 Å². The molecular weight excluding hydrogens is 759 g/mol.